The monoisotopic (exact) mass is 84.1 g/mol. The fourth-order valence-corrected chi connectivity index (χ4v) is 0.377. The Morgan fingerprint density at radius 3 is 1.83 bits per heavy atom. The minimum atomic E-state index is 0.130. The van der Waals surface area contributed by atoms with Crippen molar-refractivity contribution >= 4 is 0 Å². The van der Waals surface area contributed by atoms with E-state index in [1.54, 1.807) is 0 Å². The molecule has 4 N–H and O–H groups in total. The van der Waals surface area contributed by atoms with Crippen molar-refractivity contribution in [3.8, 4) is 0 Å². The predicted octanol–water partition coefficient (Wildman–Crippen LogP) is -0.440. The van der Waals surface area contributed by atoms with E-state index in [2.05, 4.69) is 0 Å². The molecule has 1 aliphatic carbocycles. The summed E-state index contributed by atoms with van der Waals surface area (Å²) in [5.41, 5.74) is 12.6. The number of nitrogens with two attached hydrogens (primary N) is 2. The smallest absolute Gasteiger partial charge is 0.0675 e. The molecule has 0 saturated heterocycles. The Kier molecular flexibility index (Phi) is 0.468. The van der Waals surface area contributed by atoms with E-state index in [0.29, 0.717) is 0 Å². The van der Waals surface area contributed by atoms with Crippen LogP contribution in [-0.2, 0) is 0 Å². The molecule has 0 radical (unpaired) electrons. The molecule has 1 atom stereocenters. The van der Waals surface area contributed by atoms with Crippen LogP contribution in [0.5, 0.6) is 0 Å². The largest absolute Gasteiger partial charge is 0.400 e. The first-order valence-corrected chi connectivity index (χ1v) is 1.95. The Balaban J connectivity index is 2.54. The van der Waals surface area contributed by atoms with Crippen LogP contribution in [0, 0.1) is 0 Å². The quantitative estimate of drug-likeness (QED) is 0.418. The molecule has 2 nitrogen and oxygen atoms in total. The maximum absolute atomic E-state index is 5.31. The van der Waals surface area contributed by atoms with Gasteiger partial charge in [-0.15, -0.1) is 0 Å². The Bertz CT molecular complexity index is 92.1. The number of rotatable bonds is 0. The highest BCUT2D eigenvalue weighted by Gasteiger charge is 2.24. The molecule has 6 heavy (non-hydrogen) atoms. The van der Waals surface area contributed by atoms with E-state index in [-0.39, 0.29) is 6.04 Å². The first-order chi connectivity index (χ1) is 2.73. The standard InChI is InChI=1S/C4H8N2/c1-2-3(5)4(2)6/h3H,5-6H2,1H3. The van der Waals surface area contributed by atoms with Gasteiger partial charge in [-0.2, -0.15) is 0 Å². The summed E-state index contributed by atoms with van der Waals surface area (Å²) in [5.74, 6) is 0. The SMILES string of the molecule is CC1=C(N)C1N. The molecule has 0 bridgehead atoms. The van der Waals surface area contributed by atoms with Crippen LogP contribution in [0.25, 0.3) is 0 Å². The number of hydrogen-bond acceptors (Lipinski definition) is 2. The molecule has 0 fully saturated rings. The third-order valence-corrected chi connectivity index (χ3v) is 1.17. The summed E-state index contributed by atoms with van der Waals surface area (Å²) in [6, 6.07) is 0.130. The molecule has 0 aromatic carbocycles. The zero-order chi connectivity index (χ0) is 4.73. The van der Waals surface area contributed by atoms with Crippen LogP contribution in [0.4, 0.5) is 0 Å². The lowest BCUT2D eigenvalue weighted by molar-refractivity contribution is 1.06. The van der Waals surface area contributed by atoms with E-state index in [1.165, 1.54) is 0 Å². The van der Waals surface area contributed by atoms with Crippen LogP contribution >= 0.6 is 0 Å². The lowest BCUT2D eigenvalue weighted by Crippen LogP contribution is -2.07. The van der Waals surface area contributed by atoms with Crippen molar-refractivity contribution in [3.63, 3.8) is 0 Å². The second kappa shape index (κ2) is 0.763. The molecule has 1 unspecified atom stereocenters. The molecule has 1 rings (SSSR count). The summed E-state index contributed by atoms with van der Waals surface area (Å²) >= 11 is 0. The summed E-state index contributed by atoms with van der Waals surface area (Å²) in [7, 11) is 0. The average Bonchev–Trinajstić information content (AvgIpc) is 1.94. The van der Waals surface area contributed by atoms with Gasteiger partial charge in [-0.1, -0.05) is 0 Å². The van der Waals surface area contributed by atoms with Crippen LogP contribution in [-0.4, -0.2) is 6.04 Å². The lowest BCUT2D eigenvalue weighted by atomic mass is 10.5. The van der Waals surface area contributed by atoms with Gasteiger partial charge in [0.15, 0.2) is 0 Å². The van der Waals surface area contributed by atoms with E-state index in [0.717, 1.165) is 11.3 Å². The van der Waals surface area contributed by atoms with Crippen molar-refractivity contribution < 1.29 is 0 Å². The second-order valence-electron chi connectivity index (χ2n) is 1.62. The van der Waals surface area contributed by atoms with Crippen LogP contribution in [0.1, 0.15) is 6.92 Å². The Morgan fingerprint density at radius 1 is 1.67 bits per heavy atom. The van der Waals surface area contributed by atoms with Crippen molar-refractivity contribution in [1.29, 1.82) is 0 Å². The van der Waals surface area contributed by atoms with Gasteiger partial charge >= 0.3 is 0 Å². The highest BCUT2D eigenvalue weighted by molar-refractivity contribution is 5.40. The molecule has 0 aromatic rings. The van der Waals surface area contributed by atoms with Gasteiger partial charge in [-0.05, 0) is 12.5 Å². The van der Waals surface area contributed by atoms with Crippen molar-refractivity contribution in [3.05, 3.63) is 11.3 Å². The van der Waals surface area contributed by atoms with E-state index in [1.807, 2.05) is 6.92 Å². The highest BCUT2D eigenvalue weighted by Crippen LogP contribution is 2.21. The molecule has 0 spiro atoms. The number of hydrogen-bond donors (Lipinski definition) is 2. The van der Waals surface area contributed by atoms with Crippen molar-refractivity contribution in [2.75, 3.05) is 0 Å². The topological polar surface area (TPSA) is 52.0 Å². The Labute approximate surface area is 36.8 Å². The minimum absolute atomic E-state index is 0.130. The summed E-state index contributed by atoms with van der Waals surface area (Å²) in [6.45, 7) is 1.94. The normalized spacial score (nSPS) is 31.3. The molecule has 0 heterocycles. The van der Waals surface area contributed by atoms with Crippen molar-refractivity contribution in [1.82, 2.24) is 0 Å². The van der Waals surface area contributed by atoms with Crippen LogP contribution < -0.4 is 11.5 Å². The van der Waals surface area contributed by atoms with Gasteiger partial charge in [0.05, 0.1) is 6.04 Å². The molecule has 2 heteroatoms. The fraction of sp³-hybridized carbons (Fsp3) is 0.500. The Hall–Kier alpha value is -0.500. The Morgan fingerprint density at radius 2 is 1.83 bits per heavy atom. The van der Waals surface area contributed by atoms with Gasteiger partial charge < -0.3 is 11.5 Å². The van der Waals surface area contributed by atoms with E-state index in [4.69, 9.17) is 11.5 Å². The highest BCUT2D eigenvalue weighted by atomic mass is 14.8. The van der Waals surface area contributed by atoms with Gasteiger partial charge in [-0.25, -0.2) is 0 Å². The van der Waals surface area contributed by atoms with Gasteiger partial charge in [-0.3, -0.25) is 0 Å². The molecule has 0 amide bonds. The van der Waals surface area contributed by atoms with Gasteiger partial charge in [0, 0.05) is 5.70 Å². The summed E-state index contributed by atoms with van der Waals surface area (Å²) in [4.78, 5) is 0. The third kappa shape index (κ3) is 0.242. The summed E-state index contributed by atoms with van der Waals surface area (Å²) in [6.07, 6.45) is 0. The van der Waals surface area contributed by atoms with Gasteiger partial charge in [0.25, 0.3) is 0 Å². The fourth-order valence-electron chi connectivity index (χ4n) is 0.377. The van der Waals surface area contributed by atoms with Crippen molar-refractivity contribution in [2.24, 2.45) is 11.5 Å². The van der Waals surface area contributed by atoms with Gasteiger partial charge in [0.1, 0.15) is 0 Å². The predicted molar refractivity (Wildman–Crippen MR) is 24.9 cm³/mol. The zero-order valence-corrected chi connectivity index (χ0v) is 3.73. The van der Waals surface area contributed by atoms with Crippen LogP contribution in [0.2, 0.25) is 0 Å². The zero-order valence-electron chi connectivity index (χ0n) is 3.73. The van der Waals surface area contributed by atoms with E-state index >= 15 is 0 Å². The van der Waals surface area contributed by atoms with Crippen molar-refractivity contribution in [2.45, 2.75) is 13.0 Å². The first-order valence-electron chi connectivity index (χ1n) is 1.95. The van der Waals surface area contributed by atoms with Crippen LogP contribution in [0.3, 0.4) is 0 Å². The van der Waals surface area contributed by atoms with E-state index in [9.17, 15) is 0 Å². The molecule has 1 aliphatic rings. The van der Waals surface area contributed by atoms with E-state index < -0.39 is 0 Å². The molecular weight excluding hydrogens is 76.1 g/mol. The molecular formula is C4H8N2. The lowest BCUT2D eigenvalue weighted by Gasteiger charge is -1.75. The average molecular weight is 84.1 g/mol. The summed E-state index contributed by atoms with van der Waals surface area (Å²) < 4.78 is 0. The maximum Gasteiger partial charge on any atom is 0.0675 e. The second-order valence-corrected chi connectivity index (χ2v) is 1.62. The van der Waals surface area contributed by atoms with Gasteiger partial charge in [0.2, 0.25) is 0 Å². The minimum Gasteiger partial charge on any atom is -0.400 e. The molecule has 34 valence electrons. The maximum atomic E-state index is 5.31. The molecule has 0 saturated carbocycles. The third-order valence-electron chi connectivity index (χ3n) is 1.17. The molecule has 0 aromatic heterocycles. The first kappa shape index (κ1) is 3.68. The summed E-state index contributed by atoms with van der Waals surface area (Å²) in [5, 5.41) is 0. The van der Waals surface area contributed by atoms with Crippen LogP contribution in [0.15, 0.2) is 11.3 Å². The molecule has 0 aliphatic heterocycles.